The van der Waals surface area contributed by atoms with Crippen LogP contribution in [-0.4, -0.2) is 35.2 Å². The quantitative estimate of drug-likeness (QED) is 0.754. The first kappa shape index (κ1) is 14.0. The predicted octanol–water partition coefficient (Wildman–Crippen LogP) is 3.05. The Balaban J connectivity index is 2.47. The maximum atomic E-state index is 10.6. The maximum absolute atomic E-state index is 10.6. The van der Waals surface area contributed by atoms with Crippen LogP contribution in [-0.2, 0) is 0 Å². The molecule has 0 spiro atoms. The van der Waals surface area contributed by atoms with Crippen LogP contribution < -0.4 is 0 Å². The first-order chi connectivity index (χ1) is 7.59. The molecule has 2 unspecified atom stereocenters. The third-order valence-electron chi connectivity index (χ3n) is 3.67. The van der Waals surface area contributed by atoms with Crippen molar-refractivity contribution in [2.75, 3.05) is 19.6 Å². The normalized spacial score (nSPS) is 30.9. The molecule has 0 amide bonds. The molecule has 0 bridgehead atoms. The van der Waals surface area contributed by atoms with Crippen molar-refractivity contribution in [1.82, 2.24) is 4.90 Å². The highest BCUT2D eigenvalue weighted by Crippen LogP contribution is 2.32. The van der Waals surface area contributed by atoms with Crippen molar-refractivity contribution in [3.63, 3.8) is 0 Å². The van der Waals surface area contributed by atoms with Crippen molar-refractivity contribution in [2.24, 2.45) is 5.92 Å². The van der Waals surface area contributed by atoms with Crippen molar-refractivity contribution >= 4 is 0 Å². The monoisotopic (exact) mass is 227 g/mol. The summed E-state index contributed by atoms with van der Waals surface area (Å²) < 4.78 is 0. The summed E-state index contributed by atoms with van der Waals surface area (Å²) in [5.74, 6) is 0.698. The average Bonchev–Trinajstić information content (AvgIpc) is 2.17. The second-order valence-corrected chi connectivity index (χ2v) is 5.70. The van der Waals surface area contributed by atoms with Gasteiger partial charge in [0.15, 0.2) is 0 Å². The summed E-state index contributed by atoms with van der Waals surface area (Å²) in [5.41, 5.74) is -0.401. The van der Waals surface area contributed by atoms with Gasteiger partial charge in [-0.1, -0.05) is 33.6 Å². The second-order valence-electron chi connectivity index (χ2n) is 5.70. The van der Waals surface area contributed by atoms with Crippen molar-refractivity contribution < 1.29 is 5.11 Å². The van der Waals surface area contributed by atoms with Gasteiger partial charge in [0.25, 0.3) is 0 Å². The van der Waals surface area contributed by atoms with Crippen LogP contribution in [0.3, 0.4) is 0 Å². The van der Waals surface area contributed by atoms with Crippen molar-refractivity contribution in [3.05, 3.63) is 0 Å². The van der Waals surface area contributed by atoms with E-state index in [1.807, 2.05) is 0 Å². The molecule has 0 radical (unpaired) electrons. The summed E-state index contributed by atoms with van der Waals surface area (Å²) in [4.78, 5) is 2.44. The van der Waals surface area contributed by atoms with E-state index in [-0.39, 0.29) is 0 Å². The number of nitrogens with zero attached hydrogens (tertiary/aromatic N) is 1. The van der Waals surface area contributed by atoms with E-state index < -0.39 is 5.60 Å². The highest BCUT2D eigenvalue weighted by molar-refractivity contribution is 4.87. The van der Waals surface area contributed by atoms with E-state index in [4.69, 9.17) is 0 Å². The fourth-order valence-electron chi connectivity index (χ4n) is 3.09. The first-order valence-corrected chi connectivity index (χ1v) is 7.04. The lowest BCUT2D eigenvalue weighted by molar-refractivity contribution is -0.0398. The van der Waals surface area contributed by atoms with Crippen molar-refractivity contribution in [2.45, 2.75) is 64.9 Å². The molecule has 0 aliphatic heterocycles. The highest BCUT2D eigenvalue weighted by Gasteiger charge is 2.33. The van der Waals surface area contributed by atoms with E-state index in [1.165, 1.54) is 25.7 Å². The Bertz CT molecular complexity index is 189. The van der Waals surface area contributed by atoms with Gasteiger partial charge >= 0.3 is 0 Å². The SMILES string of the molecule is CCCN(CCC)CC1(O)CCCC(C)C1. The molecule has 1 fully saturated rings. The number of rotatable bonds is 6. The Morgan fingerprint density at radius 2 is 1.88 bits per heavy atom. The van der Waals surface area contributed by atoms with Gasteiger partial charge in [0, 0.05) is 6.54 Å². The predicted molar refractivity (Wildman–Crippen MR) is 69.6 cm³/mol. The zero-order valence-electron chi connectivity index (χ0n) is 11.3. The van der Waals surface area contributed by atoms with Gasteiger partial charge < -0.3 is 10.0 Å². The van der Waals surface area contributed by atoms with Crippen molar-refractivity contribution in [3.8, 4) is 0 Å². The van der Waals surface area contributed by atoms with Crippen LogP contribution in [0.2, 0.25) is 0 Å². The minimum atomic E-state index is -0.401. The molecule has 0 aromatic rings. The largest absolute Gasteiger partial charge is 0.389 e. The molecular formula is C14H29NO. The maximum Gasteiger partial charge on any atom is 0.0776 e. The fraction of sp³-hybridized carbons (Fsp3) is 1.00. The zero-order chi connectivity index (χ0) is 12.0. The Kier molecular flexibility index (Phi) is 5.77. The standard InChI is InChI=1S/C14H29NO/c1-4-9-15(10-5-2)12-14(16)8-6-7-13(3)11-14/h13,16H,4-12H2,1-3H3. The Hall–Kier alpha value is -0.0800. The summed E-state index contributed by atoms with van der Waals surface area (Å²) in [6, 6.07) is 0. The highest BCUT2D eigenvalue weighted by atomic mass is 16.3. The fourth-order valence-corrected chi connectivity index (χ4v) is 3.09. The van der Waals surface area contributed by atoms with Gasteiger partial charge in [-0.05, 0) is 44.7 Å². The van der Waals surface area contributed by atoms with Crippen LogP contribution in [0, 0.1) is 5.92 Å². The van der Waals surface area contributed by atoms with Crippen LogP contribution in [0.5, 0.6) is 0 Å². The molecule has 96 valence electrons. The van der Waals surface area contributed by atoms with Crippen LogP contribution in [0.25, 0.3) is 0 Å². The minimum Gasteiger partial charge on any atom is -0.389 e. The molecule has 0 aromatic carbocycles. The molecule has 16 heavy (non-hydrogen) atoms. The van der Waals surface area contributed by atoms with Gasteiger partial charge in [-0.3, -0.25) is 0 Å². The lowest BCUT2D eigenvalue weighted by Crippen LogP contribution is -2.46. The summed E-state index contributed by atoms with van der Waals surface area (Å²) >= 11 is 0. The number of hydrogen-bond donors (Lipinski definition) is 1. The van der Waals surface area contributed by atoms with Crippen LogP contribution in [0.15, 0.2) is 0 Å². The molecule has 1 aliphatic carbocycles. The molecule has 2 atom stereocenters. The van der Waals surface area contributed by atoms with Gasteiger partial charge in [-0.15, -0.1) is 0 Å². The van der Waals surface area contributed by atoms with E-state index in [2.05, 4.69) is 25.7 Å². The Morgan fingerprint density at radius 3 is 2.38 bits per heavy atom. The molecule has 2 heteroatoms. The molecule has 1 saturated carbocycles. The lowest BCUT2D eigenvalue weighted by Gasteiger charge is -2.39. The summed E-state index contributed by atoms with van der Waals surface area (Å²) in [5, 5.41) is 10.6. The van der Waals surface area contributed by atoms with Gasteiger partial charge in [-0.25, -0.2) is 0 Å². The van der Waals surface area contributed by atoms with Gasteiger partial charge in [0.05, 0.1) is 5.60 Å². The average molecular weight is 227 g/mol. The van der Waals surface area contributed by atoms with E-state index in [1.54, 1.807) is 0 Å². The summed E-state index contributed by atoms with van der Waals surface area (Å²) in [6.07, 6.45) is 6.86. The molecule has 1 rings (SSSR count). The number of hydrogen-bond acceptors (Lipinski definition) is 2. The van der Waals surface area contributed by atoms with E-state index >= 15 is 0 Å². The van der Waals surface area contributed by atoms with Gasteiger partial charge in [-0.2, -0.15) is 0 Å². The molecule has 2 nitrogen and oxygen atoms in total. The topological polar surface area (TPSA) is 23.5 Å². The van der Waals surface area contributed by atoms with E-state index in [9.17, 15) is 5.11 Å². The second kappa shape index (κ2) is 6.61. The molecule has 1 aliphatic rings. The third kappa shape index (κ3) is 4.42. The zero-order valence-corrected chi connectivity index (χ0v) is 11.3. The Morgan fingerprint density at radius 1 is 1.25 bits per heavy atom. The Labute approximate surface area is 101 Å². The first-order valence-electron chi connectivity index (χ1n) is 7.04. The number of aliphatic hydroxyl groups is 1. The van der Waals surface area contributed by atoms with Crippen molar-refractivity contribution in [1.29, 1.82) is 0 Å². The van der Waals surface area contributed by atoms with Crippen LogP contribution in [0.4, 0.5) is 0 Å². The van der Waals surface area contributed by atoms with Crippen LogP contribution >= 0.6 is 0 Å². The summed E-state index contributed by atoms with van der Waals surface area (Å²) in [7, 11) is 0. The van der Waals surface area contributed by atoms with Gasteiger partial charge in [0.2, 0.25) is 0 Å². The van der Waals surface area contributed by atoms with E-state index in [0.717, 1.165) is 32.5 Å². The molecule has 0 saturated heterocycles. The van der Waals surface area contributed by atoms with Crippen LogP contribution in [0.1, 0.15) is 59.3 Å². The molecular weight excluding hydrogens is 198 g/mol. The smallest absolute Gasteiger partial charge is 0.0776 e. The summed E-state index contributed by atoms with van der Waals surface area (Å²) in [6.45, 7) is 9.86. The molecule has 0 aromatic heterocycles. The van der Waals surface area contributed by atoms with Gasteiger partial charge in [0.1, 0.15) is 0 Å². The molecule has 0 heterocycles. The van der Waals surface area contributed by atoms with E-state index in [0.29, 0.717) is 5.92 Å². The minimum absolute atomic E-state index is 0.401. The third-order valence-corrected chi connectivity index (χ3v) is 3.67. The molecule has 1 N–H and O–H groups in total. The lowest BCUT2D eigenvalue weighted by atomic mass is 9.78.